The van der Waals surface area contributed by atoms with E-state index in [1.807, 2.05) is 24.3 Å². The Hall–Kier alpha value is -2.60. The quantitative estimate of drug-likeness (QED) is 0.774. The van der Waals surface area contributed by atoms with E-state index in [1.165, 1.54) is 16.9 Å². The van der Waals surface area contributed by atoms with Crippen LogP contribution in [-0.2, 0) is 17.6 Å². The zero-order valence-electron chi connectivity index (χ0n) is 13.9. The number of fused-ring (bicyclic) bond motifs is 2. The number of ether oxygens (including phenoxy) is 2. The van der Waals surface area contributed by atoms with E-state index in [0.29, 0.717) is 30.5 Å². The minimum Gasteiger partial charge on any atom is -0.486 e. The van der Waals surface area contributed by atoms with Crippen molar-refractivity contribution >= 4 is 32.6 Å². The molecular formula is C19H18N2O3S. The summed E-state index contributed by atoms with van der Waals surface area (Å²) in [4.78, 5) is 16.8. The van der Waals surface area contributed by atoms with Crippen LogP contribution in [0.2, 0.25) is 0 Å². The van der Waals surface area contributed by atoms with Gasteiger partial charge in [-0.05, 0) is 17.5 Å². The van der Waals surface area contributed by atoms with E-state index < -0.39 is 0 Å². The molecule has 0 fully saturated rings. The highest BCUT2D eigenvalue weighted by atomic mass is 32.1. The number of nitrogens with one attached hydrogen (secondary N) is 1. The highest BCUT2D eigenvalue weighted by Crippen LogP contribution is 2.37. The topological polar surface area (TPSA) is 60.5 Å². The standard InChI is InChI=1S/C19H18N2O3S/c1-2-12-3-5-13(6-4-12)9-18(22)21-19-20-14-10-15-16(11-17(14)25-19)24-8-7-23-15/h3-6,10-11H,2,7-9H2,1H3,(H,20,21,22). The molecule has 0 spiro atoms. The van der Waals surface area contributed by atoms with Gasteiger partial charge in [0.2, 0.25) is 5.91 Å². The predicted octanol–water partition coefficient (Wildman–Crippen LogP) is 3.81. The van der Waals surface area contributed by atoms with Crippen molar-refractivity contribution in [3.05, 3.63) is 47.5 Å². The van der Waals surface area contributed by atoms with Gasteiger partial charge in [-0.2, -0.15) is 0 Å². The molecule has 0 unspecified atom stereocenters. The molecule has 0 aliphatic carbocycles. The number of carbonyl (C=O) groups is 1. The molecule has 1 aliphatic rings. The average molecular weight is 354 g/mol. The lowest BCUT2D eigenvalue weighted by atomic mass is 10.1. The van der Waals surface area contributed by atoms with Crippen LogP contribution in [0.4, 0.5) is 5.13 Å². The van der Waals surface area contributed by atoms with Gasteiger partial charge < -0.3 is 14.8 Å². The first kappa shape index (κ1) is 15.9. The Morgan fingerprint density at radius 1 is 1.12 bits per heavy atom. The lowest BCUT2D eigenvalue weighted by Gasteiger charge is -2.17. The molecule has 2 aromatic carbocycles. The fraction of sp³-hybridized carbons (Fsp3) is 0.263. The number of rotatable bonds is 4. The van der Waals surface area contributed by atoms with E-state index in [0.717, 1.165) is 28.0 Å². The second-order valence-electron chi connectivity index (χ2n) is 5.88. The smallest absolute Gasteiger partial charge is 0.230 e. The van der Waals surface area contributed by atoms with E-state index in [1.54, 1.807) is 0 Å². The summed E-state index contributed by atoms with van der Waals surface area (Å²) in [5.74, 6) is 1.37. The van der Waals surface area contributed by atoms with Crippen molar-refractivity contribution in [1.82, 2.24) is 4.98 Å². The number of carbonyl (C=O) groups excluding carboxylic acids is 1. The molecule has 0 bridgehead atoms. The fourth-order valence-electron chi connectivity index (χ4n) is 2.76. The number of hydrogen-bond acceptors (Lipinski definition) is 5. The lowest BCUT2D eigenvalue weighted by Crippen LogP contribution is -2.15. The Morgan fingerprint density at radius 2 is 1.80 bits per heavy atom. The van der Waals surface area contributed by atoms with Gasteiger partial charge >= 0.3 is 0 Å². The molecule has 1 N–H and O–H groups in total. The van der Waals surface area contributed by atoms with Gasteiger partial charge in [0.15, 0.2) is 16.6 Å². The maximum Gasteiger partial charge on any atom is 0.230 e. The van der Waals surface area contributed by atoms with Crippen molar-refractivity contribution < 1.29 is 14.3 Å². The van der Waals surface area contributed by atoms with Crippen LogP contribution in [0.15, 0.2) is 36.4 Å². The minimum atomic E-state index is -0.0689. The van der Waals surface area contributed by atoms with Crippen LogP contribution in [0.25, 0.3) is 10.2 Å². The summed E-state index contributed by atoms with van der Waals surface area (Å²) in [7, 11) is 0. The first-order valence-electron chi connectivity index (χ1n) is 8.29. The summed E-state index contributed by atoms with van der Waals surface area (Å²) in [5, 5.41) is 3.48. The van der Waals surface area contributed by atoms with Crippen LogP contribution >= 0.6 is 11.3 Å². The molecule has 0 atom stereocenters. The molecule has 5 nitrogen and oxygen atoms in total. The Bertz CT molecular complexity index is 875. The highest BCUT2D eigenvalue weighted by molar-refractivity contribution is 7.22. The number of aromatic nitrogens is 1. The highest BCUT2D eigenvalue weighted by Gasteiger charge is 2.16. The van der Waals surface area contributed by atoms with E-state index in [4.69, 9.17) is 9.47 Å². The van der Waals surface area contributed by atoms with Crippen molar-refractivity contribution in [2.45, 2.75) is 19.8 Å². The third-order valence-corrected chi connectivity index (χ3v) is 5.03. The average Bonchev–Trinajstić information content (AvgIpc) is 3.01. The van der Waals surface area contributed by atoms with Crippen LogP contribution in [-0.4, -0.2) is 24.1 Å². The number of thiazole rings is 1. The molecule has 1 aliphatic heterocycles. The van der Waals surface area contributed by atoms with E-state index in [9.17, 15) is 4.79 Å². The maximum absolute atomic E-state index is 12.3. The van der Waals surface area contributed by atoms with Gasteiger partial charge in [-0.15, -0.1) is 0 Å². The third kappa shape index (κ3) is 3.44. The summed E-state index contributed by atoms with van der Waals surface area (Å²) in [5.41, 5.74) is 3.06. The monoisotopic (exact) mass is 354 g/mol. The number of hydrogen-bond donors (Lipinski definition) is 1. The first-order valence-corrected chi connectivity index (χ1v) is 9.11. The van der Waals surface area contributed by atoms with Gasteiger partial charge in [0.25, 0.3) is 0 Å². The van der Waals surface area contributed by atoms with Crippen molar-refractivity contribution in [2.75, 3.05) is 18.5 Å². The molecule has 0 saturated heterocycles. The van der Waals surface area contributed by atoms with Crippen LogP contribution in [0.1, 0.15) is 18.1 Å². The molecule has 6 heteroatoms. The van der Waals surface area contributed by atoms with Crippen LogP contribution in [0.5, 0.6) is 11.5 Å². The molecule has 4 rings (SSSR count). The second-order valence-corrected chi connectivity index (χ2v) is 6.91. The minimum absolute atomic E-state index is 0.0689. The zero-order valence-corrected chi connectivity index (χ0v) is 14.7. The number of amides is 1. The van der Waals surface area contributed by atoms with Crippen LogP contribution < -0.4 is 14.8 Å². The maximum atomic E-state index is 12.3. The number of aryl methyl sites for hydroxylation is 1. The molecule has 25 heavy (non-hydrogen) atoms. The van der Waals surface area contributed by atoms with Crippen molar-refractivity contribution in [3.63, 3.8) is 0 Å². The van der Waals surface area contributed by atoms with E-state index in [-0.39, 0.29) is 5.91 Å². The molecular weight excluding hydrogens is 336 g/mol. The van der Waals surface area contributed by atoms with E-state index in [2.05, 4.69) is 29.4 Å². The van der Waals surface area contributed by atoms with Crippen molar-refractivity contribution in [1.29, 1.82) is 0 Å². The second kappa shape index (κ2) is 6.72. The van der Waals surface area contributed by atoms with Gasteiger partial charge in [-0.1, -0.05) is 42.5 Å². The molecule has 1 amide bonds. The summed E-state index contributed by atoms with van der Waals surface area (Å²) in [6.45, 7) is 3.21. The lowest BCUT2D eigenvalue weighted by molar-refractivity contribution is -0.115. The Labute approximate surface area is 149 Å². The molecule has 1 aromatic heterocycles. The van der Waals surface area contributed by atoms with E-state index >= 15 is 0 Å². The van der Waals surface area contributed by atoms with Crippen molar-refractivity contribution in [3.8, 4) is 11.5 Å². The summed E-state index contributed by atoms with van der Waals surface area (Å²) in [6.07, 6.45) is 1.33. The number of anilines is 1. The van der Waals surface area contributed by atoms with Gasteiger partial charge in [-0.25, -0.2) is 4.98 Å². The molecule has 2 heterocycles. The summed E-state index contributed by atoms with van der Waals surface area (Å²) in [6, 6.07) is 11.9. The van der Waals surface area contributed by atoms with Crippen LogP contribution in [0.3, 0.4) is 0 Å². The fourth-order valence-corrected chi connectivity index (χ4v) is 3.65. The molecule has 128 valence electrons. The van der Waals surface area contributed by atoms with Gasteiger partial charge in [-0.3, -0.25) is 4.79 Å². The number of benzene rings is 2. The largest absolute Gasteiger partial charge is 0.486 e. The van der Waals surface area contributed by atoms with Gasteiger partial charge in [0.05, 0.1) is 16.6 Å². The van der Waals surface area contributed by atoms with Gasteiger partial charge in [0, 0.05) is 12.1 Å². The Morgan fingerprint density at radius 3 is 2.52 bits per heavy atom. The Kier molecular flexibility index (Phi) is 4.28. The normalized spacial score (nSPS) is 13.0. The molecule has 3 aromatic rings. The Balaban J connectivity index is 1.48. The zero-order chi connectivity index (χ0) is 17.2. The molecule has 0 radical (unpaired) electrons. The predicted molar refractivity (Wildman–Crippen MR) is 98.8 cm³/mol. The SMILES string of the molecule is CCc1ccc(CC(=O)Nc2nc3cc4c(cc3s2)OCCO4)cc1. The van der Waals surface area contributed by atoms with Gasteiger partial charge in [0.1, 0.15) is 13.2 Å². The first-order chi connectivity index (χ1) is 12.2. The third-order valence-electron chi connectivity index (χ3n) is 4.09. The number of nitrogens with zero attached hydrogens (tertiary/aromatic N) is 1. The summed E-state index contributed by atoms with van der Waals surface area (Å²) < 4.78 is 12.1. The van der Waals surface area contributed by atoms with Crippen LogP contribution in [0, 0.1) is 0 Å². The van der Waals surface area contributed by atoms with Crippen molar-refractivity contribution in [2.24, 2.45) is 0 Å². The molecule has 0 saturated carbocycles. The summed E-state index contributed by atoms with van der Waals surface area (Å²) >= 11 is 1.44.